The second-order valence-electron chi connectivity index (χ2n) is 6.71. The summed E-state index contributed by atoms with van der Waals surface area (Å²) < 4.78 is 5.25. The van der Waals surface area contributed by atoms with Gasteiger partial charge in [0.2, 0.25) is 23.5 Å². The second-order valence-corrected chi connectivity index (χ2v) is 6.71. The zero-order chi connectivity index (χ0) is 20.6. The number of aryl methyl sites for hydroxylation is 1. The van der Waals surface area contributed by atoms with Crippen LogP contribution in [0.3, 0.4) is 0 Å². The fraction of sp³-hybridized carbons (Fsp3) is 0.273. The molecule has 3 rings (SSSR count). The number of nitrogens with zero attached hydrogens (tertiary/aromatic N) is 2. The van der Waals surface area contributed by atoms with Gasteiger partial charge in [-0.3, -0.25) is 9.59 Å². The Kier molecular flexibility index (Phi) is 6.73. The number of aromatic nitrogens is 2. The van der Waals surface area contributed by atoms with E-state index in [9.17, 15) is 9.59 Å². The highest BCUT2D eigenvalue weighted by Gasteiger charge is 2.18. The first-order valence-corrected chi connectivity index (χ1v) is 9.62. The monoisotopic (exact) mass is 392 g/mol. The summed E-state index contributed by atoms with van der Waals surface area (Å²) >= 11 is 0. The van der Waals surface area contributed by atoms with Gasteiger partial charge in [-0.25, -0.2) is 0 Å². The van der Waals surface area contributed by atoms with E-state index in [-0.39, 0.29) is 24.7 Å². The van der Waals surface area contributed by atoms with E-state index in [1.807, 2.05) is 54.6 Å². The number of hydrogen-bond acceptors (Lipinski definition) is 5. The number of hydrogen-bond donors (Lipinski definition) is 2. The Bertz CT molecular complexity index is 969. The molecular weight excluding hydrogens is 368 g/mol. The fourth-order valence-corrected chi connectivity index (χ4v) is 2.81. The summed E-state index contributed by atoms with van der Waals surface area (Å²) in [6, 6.07) is 16.7. The van der Waals surface area contributed by atoms with E-state index in [0.717, 1.165) is 23.2 Å². The number of amides is 2. The van der Waals surface area contributed by atoms with Crippen LogP contribution in [0.2, 0.25) is 0 Å². The van der Waals surface area contributed by atoms with Crippen molar-refractivity contribution in [2.24, 2.45) is 0 Å². The number of carbonyl (C=O) groups excluding carboxylic acids is 2. The van der Waals surface area contributed by atoms with Crippen LogP contribution in [0.4, 0.5) is 5.69 Å². The molecule has 2 amide bonds. The Morgan fingerprint density at radius 2 is 1.79 bits per heavy atom. The van der Waals surface area contributed by atoms with Crippen LogP contribution in [0.15, 0.2) is 59.1 Å². The molecule has 1 aromatic heterocycles. The standard InChI is InChI=1S/C22H24N4O3/c1-3-16-8-7-11-18(14-16)24-20(28)13-12-19(27)23-15(2)22-25-21(26-29-22)17-9-5-4-6-10-17/h4-11,14-15H,3,12-13H2,1-2H3,(H,23,27)(H,24,28). The SMILES string of the molecule is CCc1cccc(NC(=O)CCC(=O)NC(C)c2nc(-c3ccccc3)no2)c1. The third-order valence-electron chi connectivity index (χ3n) is 4.42. The van der Waals surface area contributed by atoms with Gasteiger partial charge in [-0.1, -0.05) is 54.5 Å². The highest BCUT2D eigenvalue weighted by molar-refractivity contribution is 5.93. The van der Waals surface area contributed by atoms with Crippen molar-refractivity contribution in [1.82, 2.24) is 15.5 Å². The van der Waals surface area contributed by atoms with Gasteiger partial charge in [-0.2, -0.15) is 4.98 Å². The van der Waals surface area contributed by atoms with Crippen LogP contribution in [-0.4, -0.2) is 22.0 Å². The van der Waals surface area contributed by atoms with Gasteiger partial charge in [0.15, 0.2) is 0 Å². The van der Waals surface area contributed by atoms with E-state index < -0.39 is 6.04 Å². The van der Waals surface area contributed by atoms with E-state index in [4.69, 9.17) is 4.52 Å². The quantitative estimate of drug-likeness (QED) is 0.606. The highest BCUT2D eigenvalue weighted by atomic mass is 16.5. The Labute approximate surface area is 169 Å². The largest absolute Gasteiger partial charge is 0.345 e. The highest BCUT2D eigenvalue weighted by Crippen LogP contribution is 2.18. The second kappa shape index (κ2) is 9.64. The Balaban J connectivity index is 1.47. The summed E-state index contributed by atoms with van der Waals surface area (Å²) in [6.45, 7) is 3.81. The van der Waals surface area contributed by atoms with Crippen LogP contribution >= 0.6 is 0 Å². The van der Waals surface area contributed by atoms with Crippen molar-refractivity contribution >= 4 is 17.5 Å². The van der Waals surface area contributed by atoms with Gasteiger partial charge in [0.1, 0.15) is 6.04 Å². The van der Waals surface area contributed by atoms with Crippen molar-refractivity contribution in [1.29, 1.82) is 0 Å². The average Bonchev–Trinajstić information content (AvgIpc) is 3.23. The van der Waals surface area contributed by atoms with Crippen LogP contribution in [0, 0.1) is 0 Å². The summed E-state index contributed by atoms with van der Waals surface area (Å²) in [6.07, 6.45) is 1.06. The van der Waals surface area contributed by atoms with E-state index in [1.54, 1.807) is 6.92 Å². The maximum atomic E-state index is 12.2. The molecule has 0 aliphatic rings. The number of carbonyl (C=O) groups is 2. The van der Waals surface area contributed by atoms with Crippen LogP contribution in [0.5, 0.6) is 0 Å². The number of nitrogens with one attached hydrogen (secondary N) is 2. The lowest BCUT2D eigenvalue weighted by Gasteiger charge is -2.10. The Morgan fingerprint density at radius 3 is 2.55 bits per heavy atom. The van der Waals surface area contributed by atoms with Gasteiger partial charge in [0.05, 0.1) is 0 Å². The first kappa shape index (κ1) is 20.3. The minimum absolute atomic E-state index is 0.0727. The summed E-state index contributed by atoms with van der Waals surface area (Å²) in [5.74, 6) is 0.327. The third-order valence-corrected chi connectivity index (χ3v) is 4.42. The third kappa shape index (κ3) is 5.75. The maximum Gasteiger partial charge on any atom is 0.249 e. The summed E-state index contributed by atoms with van der Waals surface area (Å²) in [7, 11) is 0. The molecule has 29 heavy (non-hydrogen) atoms. The summed E-state index contributed by atoms with van der Waals surface area (Å²) in [5.41, 5.74) is 2.72. The van der Waals surface area contributed by atoms with Gasteiger partial charge in [0.25, 0.3) is 0 Å². The fourth-order valence-electron chi connectivity index (χ4n) is 2.81. The Morgan fingerprint density at radius 1 is 1.03 bits per heavy atom. The van der Waals surface area contributed by atoms with Gasteiger partial charge < -0.3 is 15.2 Å². The topological polar surface area (TPSA) is 97.1 Å². The minimum atomic E-state index is -0.447. The van der Waals surface area contributed by atoms with Crippen molar-refractivity contribution in [3.63, 3.8) is 0 Å². The zero-order valence-corrected chi connectivity index (χ0v) is 16.5. The molecule has 0 bridgehead atoms. The van der Waals surface area contributed by atoms with Gasteiger partial charge in [-0.15, -0.1) is 0 Å². The molecule has 150 valence electrons. The molecule has 0 saturated carbocycles. The predicted molar refractivity (Wildman–Crippen MR) is 110 cm³/mol. The Hall–Kier alpha value is -3.48. The maximum absolute atomic E-state index is 12.2. The lowest BCUT2D eigenvalue weighted by atomic mass is 10.1. The van der Waals surface area contributed by atoms with E-state index in [2.05, 4.69) is 27.7 Å². The number of benzene rings is 2. The molecule has 7 nitrogen and oxygen atoms in total. The average molecular weight is 392 g/mol. The van der Waals surface area contributed by atoms with Crippen molar-refractivity contribution < 1.29 is 14.1 Å². The van der Waals surface area contributed by atoms with Gasteiger partial charge >= 0.3 is 0 Å². The summed E-state index contributed by atoms with van der Waals surface area (Å²) in [4.78, 5) is 28.6. The molecule has 1 atom stereocenters. The molecule has 1 unspecified atom stereocenters. The molecular formula is C22H24N4O3. The van der Waals surface area contributed by atoms with Crippen molar-refractivity contribution in [2.75, 3.05) is 5.32 Å². The molecule has 7 heteroatoms. The first-order valence-electron chi connectivity index (χ1n) is 9.62. The molecule has 0 spiro atoms. The normalized spacial score (nSPS) is 11.7. The summed E-state index contributed by atoms with van der Waals surface area (Å²) in [5, 5.41) is 9.55. The lowest BCUT2D eigenvalue weighted by molar-refractivity contribution is -0.125. The van der Waals surface area contributed by atoms with E-state index >= 15 is 0 Å². The van der Waals surface area contributed by atoms with Crippen molar-refractivity contribution in [3.8, 4) is 11.4 Å². The molecule has 0 aliphatic carbocycles. The molecule has 0 fully saturated rings. The molecule has 2 aromatic carbocycles. The van der Waals surface area contributed by atoms with Crippen LogP contribution in [0.1, 0.15) is 44.2 Å². The van der Waals surface area contributed by atoms with E-state index in [1.165, 1.54) is 0 Å². The molecule has 1 heterocycles. The van der Waals surface area contributed by atoms with E-state index in [0.29, 0.717) is 11.7 Å². The molecule has 0 radical (unpaired) electrons. The number of rotatable bonds is 8. The number of anilines is 1. The van der Waals surface area contributed by atoms with Crippen LogP contribution in [0.25, 0.3) is 11.4 Å². The minimum Gasteiger partial charge on any atom is -0.345 e. The van der Waals surface area contributed by atoms with Gasteiger partial charge in [-0.05, 0) is 31.0 Å². The van der Waals surface area contributed by atoms with Crippen LogP contribution in [-0.2, 0) is 16.0 Å². The van der Waals surface area contributed by atoms with Crippen molar-refractivity contribution in [3.05, 3.63) is 66.1 Å². The van der Waals surface area contributed by atoms with Crippen LogP contribution < -0.4 is 10.6 Å². The predicted octanol–water partition coefficient (Wildman–Crippen LogP) is 3.90. The zero-order valence-electron chi connectivity index (χ0n) is 16.5. The molecule has 3 aromatic rings. The lowest BCUT2D eigenvalue weighted by Crippen LogP contribution is -2.27. The first-order chi connectivity index (χ1) is 14.0. The van der Waals surface area contributed by atoms with Gasteiger partial charge in [0, 0.05) is 24.1 Å². The van der Waals surface area contributed by atoms with Crippen molar-refractivity contribution in [2.45, 2.75) is 39.2 Å². The molecule has 2 N–H and O–H groups in total. The smallest absolute Gasteiger partial charge is 0.249 e. The molecule has 0 aliphatic heterocycles. The molecule has 0 saturated heterocycles.